The maximum Gasteiger partial charge on any atom is 0.0131 e. The molecule has 2 bridgehead atoms. The van der Waals surface area contributed by atoms with E-state index >= 15 is 0 Å². The van der Waals surface area contributed by atoms with Crippen LogP contribution in [0.2, 0.25) is 0 Å². The molecule has 0 aromatic rings. The quantitative estimate of drug-likeness (QED) is 0.701. The Morgan fingerprint density at radius 2 is 2.00 bits per heavy atom. The molecule has 7 atom stereocenters. The third-order valence-corrected chi connectivity index (χ3v) is 8.27. The van der Waals surface area contributed by atoms with Gasteiger partial charge in [0, 0.05) is 24.0 Å². The molecule has 0 radical (unpaired) electrons. The van der Waals surface area contributed by atoms with Crippen LogP contribution in [0.5, 0.6) is 0 Å². The predicted molar refractivity (Wildman–Crippen MR) is 92.5 cm³/mol. The van der Waals surface area contributed by atoms with Gasteiger partial charge in [0.05, 0.1) is 0 Å². The number of hydrogen-bond donors (Lipinski definition) is 2. The van der Waals surface area contributed by atoms with Crippen molar-refractivity contribution in [3.05, 3.63) is 12.2 Å². The van der Waals surface area contributed by atoms with Gasteiger partial charge < -0.3 is 11.1 Å². The van der Waals surface area contributed by atoms with Crippen molar-refractivity contribution in [1.29, 1.82) is 0 Å². The second-order valence-corrected chi connectivity index (χ2v) is 9.57. The van der Waals surface area contributed by atoms with E-state index in [-0.39, 0.29) is 0 Å². The maximum absolute atomic E-state index is 6.07. The monoisotopic (exact) mass is 302 g/mol. The molecular weight excluding hydrogens is 268 g/mol. The van der Waals surface area contributed by atoms with Gasteiger partial charge in [0.15, 0.2) is 0 Å². The van der Waals surface area contributed by atoms with Gasteiger partial charge in [0.2, 0.25) is 0 Å². The highest BCUT2D eigenvalue weighted by Gasteiger charge is 2.94. The molecular formula is C20H34N2. The third-order valence-electron chi connectivity index (χ3n) is 8.27. The van der Waals surface area contributed by atoms with Gasteiger partial charge in [-0.15, -0.1) is 0 Å². The number of nitrogens with one attached hydrogen (secondary N) is 1. The zero-order chi connectivity index (χ0) is 15.8. The van der Waals surface area contributed by atoms with E-state index in [0.717, 1.165) is 18.8 Å². The summed E-state index contributed by atoms with van der Waals surface area (Å²) in [7, 11) is 0. The van der Waals surface area contributed by atoms with E-state index in [4.69, 9.17) is 5.73 Å². The van der Waals surface area contributed by atoms with Crippen LogP contribution in [0.4, 0.5) is 0 Å². The van der Waals surface area contributed by atoms with Crippen LogP contribution in [-0.4, -0.2) is 18.6 Å². The topological polar surface area (TPSA) is 38.0 Å². The summed E-state index contributed by atoms with van der Waals surface area (Å²) in [5.41, 5.74) is 8.30. The van der Waals surface area contributed by atoms with Crippen molar-refractivity contribution in [2.75, 3.05) is 6.54 Å². The summed E-state index contributed by atoms with van der Waals surface area (Å²) in [5.74, 6) is 1.01. The van der Waals surface area contributed by atoms with Crippen LogP contribution in [0.15, 0.2) is 12.2 Å². The Balaban J connectivity index is 1.41. The molecule has 2 nitrogen and oxygen atoms in total. The maximum atomic E-state index is 6.07. The van der Waals surface area contributed by atoms with E-state index < -0.39 is 0 Å². The summed E-state index contributed by atoms with van der Waals surface area (Å²) in [6.45, 7) is 10.8. The van der Waals surface area contributed by atoms with Crippen molar-refractivity contribution in [2.24, 2.45) is 33.3 Å². The molecule has 4 rings (SSSR count). The molecule has 3 fully saturated rings. The second-order valence-electron chi connectivity index (χ2n) is 9.57. The van der Waals surface area contributed by atoms with Crippen molar-refractivity contribution >= 4 is 0 Å². The fourth-order valence-corrected chi connectivity index (χ4v) is 6.90. The Morgan fingerprint density at radius 1 is 1.23 bits per heavy atom. The minimum absolute atomic E-state index is 0.380. The lowest BCUT2D eigenvalue weighted by atomic mass is 9.67. The van der Waals surface area contributed by atoms with E-state index in [1.807, 2.05) is 0 Å². The molecule has 4 aliphatic carbocycles. The van der Waals surface area contributed by atoms with Crippen LogP contribution in [0.1, 0.15) is 66.2 Å². The summed E-state index contributed by atoms with van der Waals surface area (Å²) in [5, 5.41) is 3.88. The van der Waals surface area contributed by atoms with Crippen molar-refractivity contribution in [3.8, 4) is 0 Å². The lowest BCUT2D eigenvalue weighted by molar-refractivity contribution is 0.188. The van der Waals surface area contributed by atoms with Crippen LogP contribution in [0, 0.1) is 27.6 Å². The predicted octanol–water partition coefficient (Wildman–Crippen LogP) is 3.86. The molecule has 22 heavy (non-hydrogen) atoms. The Kier molecular flexibility index (Phi) is 3.03. The number of rotatable bonds is 7. The fourth-order valence-electron chi connectivity index (χ4n) is 6.90. The van der Waals surface area contributed by atoms with E-state index in [1.165, 1.54) is 32.2 Å². The summed E-state index contributed by atoms with van der Waals surface area (Å²) >= 11 is 0. The highest BCUT2D eigenvalue weighted by atomic mass is 15.0. The first kappa shape index (κ1) is 15.2. The van der Waals surface area contributed by atoms with Crippen molar-refractivity contribution in [1.82, 2.24) is 5.32 Å². The van der Waals surface area contributed by atoms with Crippen molar-refractivity contribution in [2.45, 2.75) is 78.3 Å². The van der Waals surface area contributed by atoms with Gasteiger partial charge in [-0.05, 0) is 67.6 Å². The van der Waals surface area contributed by atoms with Crippen LogP contribution in [0.3, 0.4) is 0 Å². The summed E-state index contributed by atoms with van der Waals surface area (Å²) in [6, 6.07) is 0.971. The van der Waals surface area contributed by atoms with Crippen LogP contribution in [0.25, 0.3) is 0 Å². The fraction of sp³-hybridized carbons (Fsp3) is 0.900. The average molecular weight is 303 g/mol. The van der Waals surface area contributed by atoms with Gasteiger partial charge in [-0.1, -0.05) is 32.9 Å². The standard InChI is InChI=1S/C20H34N2/c1-5-16(21)7-6-14(2)22-13-19-9-8-17(3)10-15-11-20(15,19)18(19,4)12-17/h8-9,14-16,22H,5-7,10-13,21H2,1-4H3. The molecule has 0 aliphatic heterocycles. The van der Waals surface area contributed by atoms with Gasteiger partial charge >= 0.3 is 0 Å². The molecule has 2 heteroatoms. The Hall–Kier alpha value is -0.340. The molecule has 0 saturated heterocycles. The molecule has 3 N–H and O–H groups in total. The van der Waals surface area contributed by atoms with Gasteiger partial charge in [-0.25, -0.2) is 0 Å². The normalized spacial score (nSPS) is 52.9. The molecule has 0 heterocycles. The summed E-state index contributed by atoms with van der Waals surface area (Å²) in [4.78, 5) is 0. The smallest absolute Gasteiger partial charge is 0.0131 e. The van der Waals surface area contributed by atoms with E-state index in [0.29, 0.717) is 33.7 Å². The van der Waals surface area contributed by atoms with Gasteiger partial charge in [-0.2, -0.15) is 0 Å². The minimum Gasteiger partial charge on any atom is -0.328 e. The molecule has 3 saturated carbocycles. The van der Waals surface area contributed by atoms with Gasteiger partial charge in [-0.3, -0.25) is 0 Å². The van der Waals surface area contributed by atoms with Crippen molar-refractivity contribution in [3.63, 3.8) is 0 Å². The van der Waals surface area contributed by atoms with Crippen LogP contribution in [-0.2, 0) is 0 Å². The Labute approximate surface area is 136 Å². The van der Waals surface area contributed by atoms with E-state index in [9.17, 15) is 0 Å². The van der Waals surface area contributed by atoms with Gasteiger partial charge in [0.1, 0.15) is 0 Å². The largest absolute Gasteiger partial charge is 0.328 e. The molecule has 124 valence electrons. The first-order chi connectivity index (χ1) is 10.3. The number of hydrogen-bond acceptors (Lipinski definition) is 2. The number of allylic oxidation sites excluding steroid dienone is 1. The van der Waals surface area contributed by atoms with Crippen LogP contribution < -0.4 is 11.1 Å². The average Bonchev–Trinajstić information content (AvgIpc) is 3.29. The summed E-state index contributed by atoms with van der Waals surface area (Å²) < 4.78 is 0. The van der Waals surface area contributed by atoms with E-state index in [2.05, 4.69) is 45.2 Å². The third kappa shape index (κ3) is 1.64. The second kappa shape index (κ2) is 4.39. The molecule has 0 aromatic heterocycles. The van der Waals surface area contributed by atoms with E-state index in [1.54, 1.807) is 0 Å². The number of nitrogens with two attached hydrogens (primary N) is 1. The molecule has 1 spiro atoms. The Bertz CT molecular complexity index is 514. The number of fused-ring (bicyclic) bond motifs is 1. The Morgan fingerprint density at radius 3 is 2.73 bits per heavy atom. The zero-order valence-electron chi connectivity index (χ0n) is 14.9. The highest BCUT2D eigenvalue weighted by Crippen LogP contribution is 2.98. The molecule has 0 aromatic carbocycles. The minimum atomic E-state index is 0.380. The molecule has 4 aliphatic rings. The molecule has 0 amide bonds. The summed E-state index contributed by atoms with van der Waals surface area (Å²) in [6.07, 6.45) is 13.0. The van der Waals surface area contributed by atoms with Gasteiger partial charge in [0.25, 0.3) is 0 Å². The zero-order valence-corrected chi connectivity index (χ0v) is 14.9. The van der Waals surface area contributed by atoms with Crippen molar-refractivity contribution < 1.29 is 0 Å². The lowest BCUT2D eigenvalue weighted by Crippen LogP contribution is -2.37. The molecule has 7 unspecified atom stereocenters. The lowest BCUT2D eigenvalue weighted by Gasteiger charge is -2.38. The SMILES string of the molecule is CCC(N)CCC(C)NCC12C=CC3(C)CC4CC41C2(C)C3. The first-order valence-corrected chi connectivity index (χ1v) is 9.52. The van der Waals surface area contributed by atoms with Crippen LogP contribution >= 0.6 is 0 Å². The first-order valence-electron chi connectivity index (χ1n) is 9.52. The highest BCUT2D eigenvalue weighted by molar-refractivity contribution is 5.49.